The summed E-state index contributed by atoms with van der Waals surface area (Å²) in [5.74, 6) is 0.210. The molecule has 0 heterocycles. The minimum Gasteiger partial charge on any atom is -0.383 e. The maximum Gasteiger partial charge on any atom is 0.418 e. The lowest BCUT2D eigenvalue weighted by Crippen LogP contribution is -2.21. The molecule has 0 aliphatic rings. The van der Waals surface area contributed by atoms with Gasteiger partial charge in [0.15, 0.2) is 0 Å². The SMILES string of the molecule is CC(C)C(Cl)CNc1ccccc1C(F)(F)F. The second-order valence-electron chi connectivity index (χ2n) is 4.18. The average molecular weight is 266 g/mol. The van der Waals surface area contributed by atoms with Gasteiger partial charge in [-0.3, -0.25) is 0 Å². The van der Waals surface area contributed by atoms with Crippen LogP contribution in [0.3, 0.4) is 0 Å². The summed E-state index contributed by atoms with van der Waals surface area (Å²) in [6.07, 6.45) is -4.34. The smallest absolute Gasteiger partial charge is 0.383 e. The molecule has 1 atom stereocenters. The fourth-order valence-electron chi connectivity index (χ4n) is 1.33. The third-order valence-electron chi connectivity index (χ3n) is 2.44. The monoisotopic (exact) mass is 265 g/mol. The molecule has 0 fully saturated rings. The largest absolute Gasteiger partial charge is 0.418 e. The van der Waals surface area contributed by atoms with Crippen LogP contribution < -0.4 is 5.32 Å². The number of hydrogen-bond acceptors (Lipinski definition) is 1. The molecule has 0 amide bonds. The van der Waals surface area contributed by atoms with Crippen molar-refractivity contribution in [3.05, 3.63) is 29.8 Å². The van der Waals surface area contributed by atoms with Gasteiger partial charge in [-0.05, 0) is 18.1 Å². The molecular weight excluding hydrogens is 251 g/mol. The molecule has 0 saturated heterocycles. The third kappa shape index (κ3) is 4.11. The van der Waals surface area contributed by atoms with Crippen LogP contribution in [-0.4, -0.2) is 11.9 Å². The predicted molar refractivity (Wildman–Crippen MR) is 64.4 cm³/mol. The maximum absolute atomic E-state index is 12.7. The van der Waals surface area contributed by atoms with Gasteiger partial charge in [-0.1, -0.05) is 26.0 Å². The lowest BCUT2D eigenvalue weighted by Gasteiger charge is -2.18. The highest BCUT2D eigenvalue weighted by molar-refractivity contribution is 6.21. The number of alkyl halides is 4. The predicted octanol–water partition coefficient (Wildman–Crippen LogP) is 4.38. The number of nitrogens with one attached hydrogen (secondary N) is 1. The molecule has 1 unspecified atom stereocenters. The molecule has 0 aliphatic heterocycles. The first kappa shape index (κ1) is 14.2. The van der Waals surface area contributed by atoms with Crippen molar-refractivity contribution in [2.45, 2.75) is 25.4 Å². The molecule has 0 saturated carbocycles. The Morgan fingerprint density at radius 3 is 2.35 bits per heavy atom. The van der Waals surface area contributed by atoms with Crippen LogP contribution in [0.25, 0.3) is 0 Å². The molecule has 0 radical (unpaired) electrons. The van der Waals surface area contributed by atoms with Gasteiger partial charge in [0.05, 0.1) is 10.9 Å². The molecule has 1 aromatic rings. The summed E-state index contributed by atoms with van der Waals surface area (Å²) < 4.78 is 38.0. The number of benzene rings is 1. The van der Waals surface area contributed by atoms with Crippen LogP contribution in [0, 0.1) is 5.92 Å². The lowest BCUT2D eigenvalue weighted by molar-refractivity contribution is -0.136. The van der Waals surface area contributed by atoms with Crippen molar-refractivity contribution in [1.29, 1.82) is 0 Å². The van der Waals surface area contributed by atoms with E-state index in [-0.39, 0.29) is 17.0 Å². The number of hydrogen-bond donors (Lipinski definition) is 1. The van der Waals surface area contributed by atoms with Crippen LogP contribution in [0.1, 0.15) is 19.4 Å². The van der Waals surface area contributed by atoms with E-state index in [0.717, 1.165) is 6.07 Å². The van der Waals surface area contributed by atoms with Gasteiger partial charge < -0.3 is 5.32 Å². The summed E-state index contributed by atoms with van der Waals surface area (Å²) in [4.78, 5) is 0. The molecule has 1 aromatic carbocycles. The average Bonchev–Trinajstić information content (AvgIpc) is 2.24. The van der Waals surface area contributed by atoms with Gasteiger partial charge in [-0.15, -0.1) is 11.6 Å². The molecule has 0 aliphatic carbocycles. The summed E-state index contributed by atoms with van der Waals surface area (Å²) >= 11 is 5.99. The lowest BCUT2D eigenvalue weighted by atomic mass is 10.1. The van der Waals surface area contributed by atoms with Crippen molar-refractivity contribution in [2.75, 3.05) is 11.9 Å². The van der Waals surface area contributed by atoms with Crippen molar-refractivity contribution >= 4 is 17.3 Å². The van der Waals surface area contributed by atoms with Crippen molar-refractivity contribution < 1.29 is 13.2 Å². The second kappa shape index (κ2) is 5.63. The summed E-state index contributed by atoms with van der Waals surface area (Å²) in [5, 5.41) is 2.55. The van der Waals surface area contributed by atoms with Gasteiger partial charge in [0, 0.05) is 12.2 Å². The Morgan fingerprint density at radius 2 is 1.82 bits per heavy atom. The third-order valence-corrected chi connectivity index (χ3v) is 3.10. The van der Waals surface area contributed by atoms with E-state index in [0.29, 0.717) is 6.54 Å². The zero-order valence-electron chi connectivity index (χ0n) is 9.68. The molecular formula is C12H15ClF3N. The van der Waals surface area contributed by atoms with Crippen LogP contribution in [0.15, 0.2) is 24.3 Å². The highest BCUT2D eigenvalue weighted by atomic mass is 35.5. The van der Waals surface area contributed by atoms with Crippen molar-refractivity contribution in [1.82, 2.24) is 0 Å². The van der Waals surface area contributed by atoms with Crippen molar-refractivity contribution in [3.8, 4) is 0 Å². The van der Waals surface area contributed by atoms with Crippen LogP contribution in [0.5, 0.6) is 0 Å². The number of para-hydroxylation sites is 1. The van der Waals surface area contributed by atoms with Crippen molar-refractivity contribution in [3.63, 3.8) is 0 Å². The second-order valence-corrected chi connectivity index (χ2v) is 4.74. The Hall–Kier alpha value is -0.900. The minimum absolute atomic E-state index is 0.0753. The molecule has 17 heavy (non-hydrogen) atoms. The first-order valence-corrected chi connectivity index (χ1v) is 5.80. The Kier molecular flexibility index (Phi) is 4.69. The fourth-order valence-corrected chi connectivity index (χ4v) is 1.40. The standard InChI is InChI=1S/C12H15ClF3N/c1-8(2)10(13)7-17-11-6-4-3-5-9(11)12(14,15)16/h3-6,8,10,17H,7H2,1-2H3. The van der Waals surface area contributed by atoms with Gasteiger partial charge in [-0.25, -0.2) is 0 Å². The molecule has 1 nitrogen and oxygen atoms in total. The van der Waals surface area contributed by atoms with Gasteiger partial charge in [0.25, 0.3) is 0 Å². The summed E-state index contributed by atoms with van der Waals surface area (Å²) in [7, 11) is 0. The van der Waals surface area contributed by atoms with Crippen LogP contribution >= 0.6 is 11.6 Å². The van der Waals surface area contributed by atoms with Gasteiger partial charge in [-0.2, -0.15) is 13.2 Å². The highest BCUT2D eigenvalue weighted by Crippen LogP contribution is 2.34. The van der Waals surface area contributed by atoms with Crippen LogP contribution in [0.4, 0.5) is 18.9 Å². The Morgan fingerprint density at radius 1 is 1.24 bits per heavy atom. The summed E-state index contributed by atoms with van der Waals surface area (Å²) in [5.41, 5.74) is -0.584. The normalized spacial score (nSPS) is 13.8. The topological polar surface area (TPSA) is 12.0 Å². The first-order valence-electron chi connectivity index (χ1n) is 5.36. The molecule has 96 valence electrons. The Balaban J connectivity index is 2.78. The molecule has 1 N–H and O–H groups in total. The van der Waals surface area contributed by atoms with Gasteiger partial charge in [0.1, 0.15) is 0 Å². The van der Waals surface area contributed by atoms with E-state index < -0.39 is 11.7 Å². The van der Waals surface area contributed by atoms with Crippen LogP contribution in [-0.2, 0) is 6.18 Å². The molecule has 1 rings (SSSR count). The van der Waals surface area contributed by atoms with E-state index >= 15 is 0 Å². The molecule has 0 bridgehead atoms. The molecule has 5 heteroatoms. The minimum atomic E-state index is -4.34. The van der Waals surface area contributed by atoms with E-state index in [2.05, 4.69) is 5.32 Å². The van der Waals surface area contributed by atoms with E-state index in [1.54, 1.807) is 6.07 Å². The first-order chi connectivity index (χ1) is 7.82. The fraction of sp³-hybridized carbons (Fsp3) is 0.500. The quantitative estimate of drug-likeness (QED) is 0.797. The van der Waals surface area contributed by atoms with E-state index in [1.807, 2.05) is 13.8 Å². The Labute approximate surface area is 104 Å². The zero-order valence-corrected chi connectivity index (χ0v) is 10.4. The van der Waals surface area contributed by atoms with E-state index in [1.165, 1.54) is 12.1 Å². The number of anilines is 1. The summed E-state index contributed by atoms with van der Waals surface area (Å²) in [6.45, 7) is 4.16. The zero-order chi connectivity index (χ0) is 13.1. The van der Waals surface area contributed by atoms with E-state index in [4.69, 9.17) is 11.6 Å². The van der Waals surface area contributed by atoms with Gasteiger partial charge in [0.2, 0.25) is 0 Å². The van der Waals surface area contributed by atoms with E-state index in [9.17, 15) is 13.2 Å². The molecule has 0 spiro atoms. The Bertz CT molecular complexity index is 363. The maximum atomic E-state index is 12.7. The van der Waals surface area contributed by atoms with Crippen molar-refractivity contribution in [2.24, 2.45) is 5.92 Å². The van der Waals surface area contributed by atoms with Crippen LogP contribution in [0.2, 0.25) is 0 Å². The summed E-state index contributed by atoms with van der Waals surface area (Å²) in [6, 6.07) is 5.40. The number of halogens is 4. The van der Waals surface area contributed by atoms with Gasteiger partial charge >= 0.3 is 6.18 Å². The number of rotatable bonds is 4. The highest BCUT2D eigenvalue weighted by Gasteiger charge is 2.33. The molecule has 0 aromatic heterocycles.